The third-order valence-electron chi connectivity index (χ3n) is 4.52. The van der Waals surface area contributed by atoms with E-state index in [1.807, 2.05) is 42.5 Å². The average Bonchev–Trinajstić information content (AvgIpc) is 3.43. The molecule has 0 aliphatic heterocycles. The van der Waals surface area contributed by atoms with Crippen LogP contribution in [0.5, 0.6) is 5.75 Å². The summed E-state index contributed by atoms with van der Waals surface area (Å²) in [6.45, 7) is 0.445. The van der Waals surface area contributed by atoms with Crippen LogP contribution in [0.2, 0.25) is 0 Å². The highest BCUT2D eigenvalue weighted by Gasteiger charge is 2.44. The fraction of sp³-hybridized carbons (Fsp3) is 0.350. The molecule has 126 valence electrons. The molecule has 3 rings (SSSR count). The standard InChI is InChI=1S/C20H23NO3/c1-23-13-19(15-8-10-16(24-2)11-9-15)21-20(22)18-12-17(18)14-6-4-3-5-7-14/h3-11,17-19H,12-13H2,1-2H3,(H,21,22)/t17-,18+,19+/m1/s1. The molecule has 2 aromatic carbocycles. The highest BCUT2D eigenvalue weighted by Crippen LogP contribution is 2.47. The molecule has 1 amide bonds. The first-order chi connectivity index (χ1) is 11.7. The Balaban J connectivity index is 1.64. The van der Waals surface area contributed by atoms with Gasteiger partial charge in [0, 0.05) is 13.0 Å². The number of carbonyl (C=O) groups is 1. The second-order valence-electron chi connectivity index (χ2n) is 6.15. The molecule has 4 nitrogen and oxygen atoms in total. The van der Waals surface area contributed by atoms with Crippen molar-refractivity contribution in [2.45, 2.75) is 18.4 Å². The molecule has 2 aromatic rings. The summed E-state index contributed by atoms with van der Waals surface area (Å²) in [5.41, 5.74) is 2.26. The zero-order valence-electron chi connectivity index (χ0n) is 14.1. The minimum atomic E-state index is -0.148. The van der Waals surface area contributed by atoms with Crippen LogP contribution in [-0.4, -0.2) is 26.7 Å². The lowest BCUT2D eigenvalue weighted by atomic mass is 10.1. The predicted octanol–water partition coefficient (Wildman–Crippen LogP) is 3.30. The quantitative estimate of drug-likeness (QED) is 0.849. The van der Waals surface area contributed by atoms with Crippen molar-refractivity contribution in [3.8, 4) is 5.75 Å². The summed E-state index contributed by atoms with van der Waals surface area (Å²) in [5.74, 6) is 1.30. The van der Waals surface area contributed by atoms with E-state index in [-0.39, 0.29) is 17.9 Å². The topological polar surface area (TPSA) is 47.6 Å². The van der Waals surface area contributed by atoms with Gasteiger partial charge in [-0.2, -0.15) is 0 Å². The van der Waals surface area contributed by atoms with Crippen LogP contribution < -0.4 is 10.1 Å². The van der Waals surface area contributed by atoms with Gasteiger partial charge in [-0.05, 0) is 35.6 Å². The number of hydrogen-bond acceptors (Lipinski definition) is 3. The normalized spacial score (nSPS) is 20.2. The molecular formula is C20H23NO3. The maximum atomic E-state index is 12.6. The van der Waals surface area contributed by atoms with E-state index < -0.39 is 0 Å². The second kappa shape index (κ2) is 7.49. The summed E-state index contributed by atoms with van der Waals surface area (Å²) in [6.07, 6.45) is 0.915. The van der Waals surface area contributed by atoms with Crippen molar-refractivity contribution in [3.05, 3.63) is 65.7 Å². The number of amides is 1. The fourth-order valence-corrected chi connectivity index (χ4v) is 3.06. The van der Waals surface area contributed by atoms with Gasteiger partial charge < -0.3 is 14.8 Å². The summed E-state index contributed by atoms with van der Waals surface area (Å²) in [4.78, 5) is 12.6. The summed E-state index contributed by atoms with van der Waals surface area (Å²) in [6, 6.07) is 17.8. The van der Waals surface area contributed by atoms with Gasteiger partial charge in [0.15, 0.2) is 0 Å². The molecule has 1 fully saturated rings. The van der Waals surface area contributed by atoms with Crippen molar-refractivity contribution < 1.29 is 14.3 Å². The van der Waals surface area contributed by atoms with Gasteiger partial charge >= 0.3 is 0 Å². The average molecular weight is 325 g/mol. The van der Waals surface area contributed by atoms with Crippen molar-refractivity contribution in [1.82, 2.24) is 5.32 Å². The highest BCUT2D eigenvalue weighted by atomic mass is 16.5. The number of carbonyl (C=O) groups excluding carboxylic acids is 1. The Labute approximate surface area is 142 Å². The SMILES string of the molecule is COC[C@H](NC(=O)[C@H]1C[C@@H]1c1ccccc1)c1ccc(OC)cc1. The lowest BCUT2D eigenvalue weighted by Gasteiger charge is -2.19. The fourth-order valence-electron chi connectivity index (χ4n) is 3.06. The van der Waals surface area contributed by atoms with Crippen LogP contribution in [-0.2, 0) is 9.53 Å². The van der Waals surface area contributed by atoms with Crippen molar-refractivity contribution >= 4 is 5.91 Å². The molecule has 0 saturated heterocycles. The Morgan fingerprint density at radius 3 is 2.46 bits per heavy atom. The maximum Gasteiger partial charge on any atom is 0.224 e. The molecule has 0 unspecified atom stereocenters. The van der Waals surface area contributed by atoms with Gasteiger partial charge in [-0.15, -0.1) is 0 Å². The van der Waals surface area contributed by atoms with Gasteiger partial charge in [-0.1, -0.05) is 42.5 Å². The largest absolute Gasteiger partial charge is 0.497 e. The van der Waals surface area contributed by atoms with Crippen molar-refractivity contribution in [1.29, 1.82) is 0 Å². The molecule has 0 bridgehead atoms. The molecule has 3 atom stereocenters. The van der Waals surface area contributed by atoms with Gasteiger partial charge in [0.05, 0.1) is 19.8 Å². The van der Waals surface area contributed by atoms with E-state index in [2.05, 4.69) is 17.4 Å². The molecule has 4 heteroatoms. The molecule has 24 heavy (non-hydrogen) atoms. The van der Waals surface area contributed by atoms with Gasteiger partial charge in [0.1, 0.15) is 5.75 Å². The van der Waals surface area contributed by atoms with Gasteiger partial charge in [0.2, 0.25) is 5.91 Å². The Bertz CT molecular complexity index is 669. The maximum absolute atomic E-state index is 12.6. The highest BCUT2D eigenvalue weighted by molar-refractivity contribution is 5.83. The van der Waals surface area contributed by atoms with Crippen molar-refractivity contribution in [2.75, 3.05) is 20.8 Å². The van der Waals surface area contributed by atoms with Crippen molar-refractivity contribution in [3.63, 3.8) is 0 Å². The number of hydrogen-bond donors (Lipinski definition) is 1. The molecule has 0 radical (unpaired) electrons. The summed E-state index contributed by atoms with van der Waals surface area (Å²) < 4.78 is 10.5. The molecule has 1 aliphatic rings. The van der Waals surface area contributed by atoms with Gasteiger partial charge in [0.25, 0.3) is 0 Å². The molecule has 1 aliphatic carbocycles. The lowest BCUT2D eigenvalue weighted by Crippen LogP contribution is -2.32. The number of methoxy groups -OCH3 is 2. The molecule has 0 aromatic heterocycles. The Kier molecular flexibility index (Phi) is 5.16. The van der Waals surface area contributed by atoms with Crippen LogP contribution in [0.4, 0.5) is 0 Å². The number of rotatable bonds is 7. The monoisotopic (exact) mass is 325 g/mol. The minimum absolute atomic E-state index is 0.0602. The van der Waals surface area contributed by atoms with Crippen LogP contribution in [0.1, 0.15) is 29.5 Å². The molecule has 0 spiro atoms. The first-order valence-corrected chi connectivity index (χ1v) is 8.21. The van der Waals surface area contributed by atoms with E-state index in [0.717, 1.165) is 17.7 Å². The third kappa shape index (κ3) is 3.77. The zero-order chi connectivity index (χ0) is 16.9. The van der Waals surface area contributed by atoms with Crippen LogP contribution in [0.15, 0.2) is 54.6 Å². The smallest absolute Gasteiger partial charge is 0.224 e. The lowest BCUT2D eigenvalue weighted by molar-refractivity contribution is -0.123. The van der Waals surface area contributed by atoms with E-state index >= 15 is 0 Å². The van der Waals surface area contributed by atoms with Gasteiger partial charge in [-0.3, -0.25) is 4.79 Å². The molecular weight excluding hydrogens is 302 g/mol. The van der Waals surface area contributed by atoms with E-state index in [1.165, 1.54) is 5.56 Å². The minimum Gasteiger partial charge on any atom is -0.497 e. The summed E-state index contributed by atoms with van der Waals surface area (Å²) in [5, 5.41) is 3.13. The predicted molar refractivity (Wildman–Crippen MR) is 93.0 cm³/mol. The van der Waals surface area contributed by atoms with E-state index in [9.17, 15) is 4.79 Å². The Morgan fingerprint density at radius 1 is 1.12 bits per heavy atom. The molecule has 0 heterocycles. The van der Waals surface area contributed by atoms with E-state index in [4.69, 9.17) is 9.47 Å². The summed E-state index contributed by atoms with van der Waals surface area (Å²) >= 11 is 0. The number of nitrogens with one attached hydrogen (secondary N) is 1. The zero-order valence-corrected chi connectivity index (χ0v) is 14.1. The van der Waals surface area contributed by atoms with E-state index in [0.29, 0.717) is 12.5 Å². The van der Waals surface area contributed by atoms with Gasteiger partial charge in [-0.25, -0.2) is 0 Å². The number of benzene rings is 2. The van der Waals surface area contributed by atoms with Crippen LogP contribution in [0.25, 0.3) is 0 Å². The Hall–Kier alpha value is -2.33. The molecule has 1 N–H and O–H groups in total. The van der Waals surface area contributed by atoms with Crippen LogP contribution >= 0.6 is 0 Å². The molecule has 1 saturated carbocycles. The first kappa shape index (κ1) is 16.5. The van der Waals surface area contributed by atoms with Crippen LogP contribution in [0.3, 0.4) is 0 Å². The van der Waals surface area contributed by atoms with Crippen LogP contribution in [0, 0.1) is 5.92 Å². The number of ether oxygens (including phenoxy) is 2. The third-order valence-corrected chi connectivity index (χ3v) is 4.52. The first-order valence-electron chi connectivity index (χ1n) is 8.21. The van der Waals surface area contributed by atoms with E-state index in [1.54, 1.807) is 14.2 Å². The summed E-state index contributed by atoms with van der Waals surface area (Å²) in [7, 11) is 3.28. The Morgan fingerprint density at radius 2 is 1.83 bits per heavy atom. The van der Waals surface area contributed by atoms with Crippen molar-refractivity contribution in [2.24, 2.45) is 5.92 Å². The second-order valence-corrected chi connectivity index (χ2v) is 6.15.